The van der Waals surface area contributed by atoms with Crippen molar-refractivity contribution in [2.24, 2.45) is 10.7 Å². The van der Waals surface area contributed by atoms with E-state index in [9.17, 15) is 0 Å². The second-order valence-electron chi connectivity index (χ2n) is 6.10. The van der Waals surface area contributed by atoms with Gasteiger partial charge < -0.3 is 15.5 Å². The molecule has 0 amide bonds. The normalized spacial score (nSPS) is 24.8. The van der Waals surface area contributed by atoms with E-state index >= 15 is 0 Å². The summed E-state index contributed by atoms with van der Waals surface area (Å²) >= 11 is 1.69. The summed E-state index contributed by atoms with van der Waals surface area (Å²) in [5.41, 5.74) is 7.62. The second-order valence-corrected chi connectivity index (χ2v) is 6.97. The van der Waals surface area contributed by atoms with Gasteiger partial charge in [0.15, 0.2) is 11.1 Å². The number of nitrogens with zero attached hydrogens (tertiary/aromatic N) is 4. The smallest absolute Gasteiger partial charge is 0.191 e. The SMILES string of the molecule is NC(=NC1CC1c1ccccc1)N1CCN(c2nccs2)CC1. The van der Waals surface area contributed by atoms with Gasteiger partial charge in [0.2, 0.25) is 0 Å². The molecule has 2 aromatic rings. The minimum atomic E-state index is 0.356. The van der Waals surface area contributed by atoms with Gasteiger partial charge in [-0.15, -0.1) is 11.3 Å². The first-order chi connectivity index (χ1) is 11.3. The Bertz CT molecular complexity index is 662. The fourth-order valence-electron chi connectivity index (χ4n) is 3.13. The van der Waals surface area contributed by atoms with Gasteiger partial charge >= 0.3 is 0 Å². The van der Waals surface area contributed by atoms with Crippen molar-refractivity contribution in [1.29, 1.82) is 0 Å². The predicted molar refractivity (Wildman–Crippen MR) is 95.1 cm³/mol. The Morgan fingerprint density at radius 2 is 1.96 bits per heavy atom. The number of aromatic nitrogens is 1. The number of thiazole rings is 1. The first-order valence-corrected chi connectivity index (χ1v) is 8.97. The monoisotopic (exact) mass is 327 g/mol. The Kier molecular flexibility index (Phi) is 3.91. The maximum atomic E-state index is 6.24. The molecule has 1 aromatic heterocycles. The first kappa shape index (κ1) is 14.5. The number of aliphatic imine (C=N–C) groups is 1. The molecule has 0 radical (unpaired) electrons. The molecule has 0 bridgehead atoms. The van der Waals surface area contributed by atoms with E-state index in [0.29, 0.717) is 17.9 Å². The van der Waals surface area contributed by atoms with Crippen molar-refractivity contribution in [3.8, 4) is 0 Å². The van der Waals surface area contributed by atoms with Crippen molar-refractivity contribution in [2.75, 3.05) is 31.1 Å². The Morgan fingerprint density at radius 3 is 2.65 bits per heavy atom. The van der Waals surface area contributed by atoms with E-state index in [0.717, 1.165) is 37.7 Å². The fraction of sp³-hybridized carbons (Fsp3) is 0.412. The number of nitrogens with two attached hydrogens (primary N) is 1. The third-order valence-corrected chi connectivity index (χ3v) is 5.41. The summed E-state index contributed by atoms with van der Waals surface area (Å²) in [7, 11) is 0. The number of hydrogen-bond acceptors (Lipinski definition) is 4. The zero-order chi connectivity index (χ0) is 15.6. The molecule has 5 nitrogen and oxygen atoms in total. The maximum Gasteiger partial charge on any atom is 0.191 e. The van der Waals surface area contributed by atoms with Crippen molar-refractivity contribution < 1.29 is 0 Å². The summed E-state index contributed by atoms with van der Waals surface area (Å²) in [5.74, 6) is 1.25. The Balaban J connectivity index is 1.33. The summed E-state index contributed by atoms with van der Waals surface area (Å²) in [6.07, 6.45) is 2.98. The topological polar surface area (TPSA) is 57.8 Å². The van der Waals surface area contributed by atoms with E-state index in [-0.39, 0.29) is 0 Å². The molecule has 6 heteroatoms. The Labute approximate surface area is 140 Å². The molecular weight excluding hydrogens is 306 g/mol. The van der Waals surface area contributed by atoms with E-state index in [1.807, 2.05) is 11.6 Å². The number of rotatable bonds is 3. The molecule has 2 heterocycles. The van der Waals surface area contributed by atoms with Crippen LogP contribution in [0.1, 0.15) is 17.9 Å². The summed E-state index contributed by atoms with van der Waals surface area (Å²) in [4.78, 5) is 13.6. The zero-order valence-corrected chi connectivity index (χ0v) is 13.8. The highest BCUT2D eigenvalue weighted by molar-refractivity contribution is 7.13. The summed E-state index contributed by atoms with van der Waals surface area (Å²) in [5, 5.41) is 3.13. The molecule has 1 aliphatic heterocycles. The molecule has 0 spiro atoms. The number of piperazine rings is 1. The quantitative estimate of drug-likeness (QED) is 0.693. The molecular formula is C17H21N5S. The van der Waals surface area contributed by atoms with Crippen LogP contribution < -0.4 is 10.6 Å². The maximum absolute atomic E-state index is 6.24. The summed E-state index contributed by atoms with van der Waals surface area (Å²) in [6.45, 7) is 3.74. The largest absolute Gasteiger partial charge is 0.370 e. The molecule has 1 aromatic carbocycles. The molecule has 2 N–H and O–H groups in total. The van der Waals surface area contributed by atoms with Gasteiger partial charge in [-0.25, -0.2) is 9.98 Å². The van der Waals surface area contributed by atoms with E-state index < -0.39 is 0 Å². The highest BCUT2D eigenvalue weighted by Crippen LogP contribution is 2.43. The first-order valence-electron chi connectivity index (χ1n) is 8.09. The van der Waals surface area contributed by atoms with E-state index in [1.165, 1.54) is 5.56 Å². The molecule has 2 atom stereocenters. The van der Waals surface area contributed by atoms with Gasteiger partial charge in [-0.05, 0) is 12.0 Å². The van der Waals surface area contributed by atoms with E-state index in [1.54, 1.807) is 11.3 Å². The summed E-state index contributed by atoms with van der Waals surface area (Å²) in [6, 6.07) is 11.0. The van der Waals surface area contributed by atoms with Crippen molar-refractivity contribution in [2.45, 2.75) is 18.4 Å². The average Bonchev–Trinajstić information content (AvgIpc) is 3.15. The standard InChI is InChI=1S/C17H21N5S/c18-16(20-15-12-14(15)13-4-2-1-3-5-13)21-7-9-22(10-8-21)17-19-6-11-23-17/h1-6,11,14-15H,7-10,12H2,(H2,18,20). The molecule has 4 rings (SSSR count). The minimum absolute atomic E-state index is 0.356. The molecule has 2 aliphatic rings. The molecule has 120 valence electrons. The van der Waals surface area contributed by atoms with Crippen molar-refractivity contribution in [3.05, 3.63) is 47.5 Å². The van der Waals surface area contributed by atoms with Crippen LogP contribution in [-0.4, -0.2) is 48.1 Å². The number of guanidine groups is 1. The number of anilines is 1. The molecule has 1 aliphatic carbocycles. The lowest BCUT2D eigenvalue weighted by atomic mass is 10.1. The third kappa shape index (κ3) is 3.17. The summed E-state index contributed by atoms with van der Waals surface area (Å²) < 4.78 is 0. The zero-order valence-electron chi connectivity index (χ0n) is 13.0. The van der Waals surface area contributed by atoms with Gasteiger partial charge in [0.05, 0.1) is 6.04 Å². The lowest BCUT2D eigenvalue weighted by molar-refractivity contribution is 0.380. The highest BCUT2D eigenvalue weighted by Gasteiger charge is 2.38. The van der Waals surface area contributed by atoms with E-state index in [2.05, 4.69) is 45.1 Å². The van der Waals surface area contributed by atoms with Crippen LogP contribution in [0, 0.1) is 0 Å². The fourth-order valence-corrected chi connectivity index (χ4v) is 3.83. The molecule has 1 saturated carbocycles. The van der Waals surface area contributed by atoms with Crippen LogP contribution in [0.15, 0.2) is 46.9 Å². The van der Waals surface area contributed by atoms with Gasteiger partial charge in [-0.2, -0.15) is 0 Å². The highest BCUT2D eigenvalue weighted by atomic mass is 32.1. The van der Waals surface area contributed by atoms with Crippen LogP contribution in [-0.2, 0) is 0 Å². The van der Waals surface area contributed by atoms with Crippen LogP contribution in [0.5, 0.6) is 0 Å². The Hall–Kier alpha value is -2.08. The third-order valence-electron chi connectivity index (χ3n) is 4.58. The molecule has 2 unspecified atom stereocenters. The Morgan fingerprint density at radius 1 is 1.17 bits per heavy atom. The van der Waals surface area contributed by atoms with Crippen molar-refractivity contribution in [1.82, 2.24) is 9.88 Å². The van der Waals surface area contributed by atoms with Crippen LogP contribution in [0.2, 0.25) is 0 Å². The van der Waals surface area contributed by atoms with Gasteiger partial charge in [0.1, 0.15) is 0 Å². The molecule has 2 fully saturated rings. The molecule has 1 saturated heterocycles. The van der Waals surface area contributed by atoms with Gasteiger partial charge in [-0.3, -0.25) is 0 Å². The van der Waals surface area contributed by atoms with Crippen molar-refractivity contribution >= 4 is 22.4 Å². The van der Waals surface area contributed by atoms with Crippen LogP contribution in [0.4, 0.5) is 5.13 Å². The lowest BCUT2D eigenvalue weighted by Gasteiger charge is -2.35. The van der Waals surface area contributed by atoms with E-state index in [4.69, 9.17) is 10.7 Å². The molecule has 23 heavy (non-hydrogen) atoms. The van der Waals surface area contributed by atoms with Crippen LogP contribution in [0.25, 0.3) is 0 Å². The van der Waals surface area contributed by atoms with Crippen LogP contribution in [0.3, 0.4) is 0 Å². The second kappa shape index (κ2) is 6.20. The number of benzene rings is 1. The van der Waals surface area contributed by atoms with Gasteiger partial charge in [0, 0.05) is 43.7 Å². The van der Waals surface area contributed by atoms with Crippen molar-refractivity contribution in [3.63, 3.8) is 0 Å². The number of hydrogen-bond donors (Lipinski definition) is 1. The minimum Gasteiger partial charge on any atom is -0.370 e. The van der Waals surface area contributed by atoms with Gasteiger partial charge in [0.25, 0.3) is 0 Å². The van der Waals surface area contributed by atoms with Crippen LogP contribution >= 0.6 is 11.3 Å². The lowest BCUT2D eigenvalue weighted by Crippen LogP contribution is -2.51. The van der Waals surface area contributed by atoms with Gasteiger partial charge in [-0.1, -0.05) is 30.3 Å². The average molecular weight is 327 g/mol. The predicted octanol–water partition coefficient (Wildman–Crippen LogP) is 2.14.